The molecule has 0 aliphatic carbocycles. The van der Waals surface area contributed by atoms with Crippen LogP contribution in [0.1, 0.15) is 36.3 Å². The molecule has 2 N–H and O–H groups in total. The van der Waals surface area contributed by atoms with Gasteiger partial charge in [0.1, 0.15) is 0 Å². The molecule has 0 fully saturated rings. The summed E-state index contributed by atoms with van der Waals surface area (Å²) in [6.45, 7) is 4.09. The number of sulfone groups is 1. The van der Waals surface area contributed by atoms with Gasteiger partial charge in [0.05, 0.1) is 4.90 Å². The third-order valence-corrected chi connectivity index (χ3v) is 5.83. The first kappa shape index (κ1) is 15.8. The Morgan fingerprint density at radius 3 is 2.30 bits per heavy atom. The Morgan fingerprint density at radius 1 is 1.00 bits per heavy atom. The van der Waals surface area contributed by atoms with Crippen molar-refractivity contribution in [3.05, 3.63) is 65.9 Å². The Labute approximate surface area is 135 Å². The molecule has 1 atom stereocenters. The first-order valence-corrected chi connectivity index (χ1v) is 9.04. The first-order chi connectivity index (χ1) is 10.9. The third kappa shape index (κ3) is 2.78. The summed E-state index contributed by atoms with van der Waals surface area (Å²) in [5.41, 5.74) is 0.634. The minimum absolute atomic E-state index is 0.125. The maximum Gasteiger partial charge on any atom is 0.209 e. The number of aliphatic hydroxyl groups is 1. The van der Waals surface area contributed by atoms with E-state index in [0.29, 0.717) is 16.9 Å². The van der Waals surface area contributed by atoms with E-state index in [0.717, 1.165) is 11.1 Å². The Kier molecular flexibility index (Phi) is 4.00. The van der Waals surface area contributed by atoms with Gasteiger partial charge < -0.3 is 10.1 Å². The minimum Gasteiger partial charge on any atom is -0.373 e. The van der Waals surface area contributed by atoms with E-state index in [4.69, 9.17) is 0 Å². The van der Waals surface area contributed by atoms with Crippen LogP contribution in [0.5, 0.6) is 0 Å². The van der Waals surface area contributed by atoms with Crippen LogP contribution in [0.25, 0.3) is 10.9 Å². The summed E-state index contributed by atoms with van der Waals surface area (Å²) < 4.78 is 25.4. The molecule has 120 valence electrons. The molecule has 4 nitrogen and oxygen atoms in total. The molecular weight excluding hydrogens is 310 g/mol. The SMILES string of the molecule is CC(C)c1ccc(S(=O)(=O)C(O)c2c[nH]c3ccccc23)cc1. The van der Waals surface area contributed by atoms with Crippen LogP contribution in [0.3, 0.4) is 0 Å². The number of nitrogens with one attached hydrogen (secondary N) is 1. The molecule has 0 spiro atoms. The molecule has 0 aliphatic heterocycles. The number of benzene rings is 2. The van der Waals surface area contributed by atoms with Crippen molar-refractivity contribution in [2.45, 2.75) is 30.1 Å². The topological polar surface area (TPSA) is 70.2 Å². The van der Waals surface area contributed by atoms with Gasteiger partial charge >= 0.3 is 0 Å². The smallest absolute Gasteiger partial charge is 0.209 e. The Morgan fingerprint density at radius 2 is 1.65 bits per heavy atom. The van der Waals surface area contributed by atoms with E-state index in [1.807, 2.05) is 32.0 Å². The molecule has 23 heavy (non-hydrogen) atoms. The molecule has 5 heteroatoms. The summed E-state index contributed by atoms with van der Waals surface area (Å²) >= 11 is 0. The van der Waals surface area contributed by atoms with Crippen molar-refractivity contribution >= 4 is 20.7 Å². The van der Waals surface area contributed by atoms with Crippen molar-refractivity contribution in [2.24, 2.45) is 0 Å². The van der Waals surface area contributed by atoms with Crippen LogP contribution >= 0.6 is 0 Å². The normalized spacial score (nSPS) is 13.6. The van der Waals surface area contributed by atoms with Gasteiger partial charge in [-0.1, -0.05) is 44.2 Å². The summed E-state index contributed by atoms with van der Waals surface area (Å²) in [5.74, 6) is 0.324. The van der Waals surface area contributed by atoms with E-state index >= 15 is 0 Å². The molecule has 3 rings (SSSR count). The van der Waals surface area contributed by atoms with Gasteiger partial charge in [0.2, 0.25) is 9.84 Å². The molecule has 0 radical (unpaired) electrons. The molecule has 0 aliphatic rings. The van der Waals surface area contributed by atoms with Gasteiger partial charge in [0.25, 0.3) is 0 Å². The van der Waals surface area contributed by atoms with Crippen molar-refractivity contribution in [1.82, 2.24) is 4.98 Å². The van der Waals surface area contributed by atoms with Gasteiger partial charge in [-0.25, -0.2) is 8.42 Å². The van der Waals surface area contributed by atoms with E-state index in [1.54, 1.807) is 36.5 Å². The molecule has 0 saturated carbocycles. The molecule has 1 unspecified atom stereocenters. The van der Waals surface area contributed by atoms with E-state index in [-0.39, 0.29) is 4.90 Å². The molecule has 1 aromatic heterocycles. The summed E-state index contributed by atoms with van der Waals surface area (Å²) in [6.07, 6.45) is 1.55. The number of fused-ring (bicyclic) bond motifs is 1. The van der Waals surface area contributed by atoms with Crippen LogP contribution < -0.4 is 0 Å². The number of aromatic amines is 1. The highest BCUT2D eigenvalue weighted by Gasteiger charge is 2.29. The second-order valence-electron chi connectivity index (χ2n) is 5.91. The first-order valence-electron chi connectivity index (χ1n) is 7.49. The largest absolute Gasteiger partial charge is 0.373 e. The van der Waals surface area contributed by atoms with Gasteiger partial charge in [-0.15, -0.1) is 0 Å². The van der Waals surface area contributed by atoms with Gasteiger partial charge in [-0.3, -0.25) is 0 Å². The highest BCUT2D eigenvalue weighted by Crippen LogP contribution is 2.32. The van der Waals surface area contributed by atoms with Crippen LogP contribution in [0, 0.1) is 0 Å². The molecule has 0 saturated heterocycles. The molecular formula is C18H19NO3S. The predicted octanol–water partition coefficient (Wildman–Crippen LogP) is 3.76. The Bertz CT molecular complexity index is 924. The number of hydrogen-bond donors (Lipinski definition) is 2. The number of para-hydroxylation sites is 1. The van der Waals surface area contributed by atoms with Crippen LogP contribution in [0.2, 0.25) is 0 Å². The van der Waals surface area contributed by atoms with Crippen molar-refractivity contribution in [3.63, 3.8) is 0 Å². The van der Waals surface area contributed by atoms with Crippen molar-refractivity contribution in [1.29, 1.82) is 0 Å². The number of rotatable bonds is 4. The Balaban J connectivity index is 2.01. The van der Waals surface area contributed by atoms with E-state index in [1.165, 1.54) is 0 Å². The zero-order valence-electron chi connectivity index (χ0n) is 13.0. The van der Waals surface area contributed by atoms with Gasteiger partial charge in [0, 0.05) is 22.7 Å². The molecule has 3 aromatic rings. The zero-order valence-corrected chi connectivity index (χ0v) is 13.8. The van der Waals surface area contributed by atoms with Crippen molar-refractivity contribution < 1.29 is 13.5 Å². The van der Waals surface area contributed by atoms with Crippen LogP contribution in [0.15, 0.2) is 59.6 Å². The fourth-order valence-corrected chi connectivity index (χ4v) is 3.94. The lowest BCUT2D eigenvalue weighted by atomic mass is 10.0. The van der Waals surface area contributed by atoms with Crippen molar-refractivity contribution in [2.75, 3.05) is 0 Å². The molecule has 2 aromatic carbocycles. The monoisotopic (exact) mass is 329 g/mol. The third-order valence-electron chi connectivity index (χ3n) is 4.06. The highest BCUT2D eigenvalue weighted by molar-refractivity contribution is 7.91. The lowest BCUT2D eigenvalue weighted by Crippen LogP contribution is -2.13. The lowest BCUT2D eigenvalue weighted by Gasteiger charge is -2.13. The Hall–Kier alpha value is -2.11. The maximum atomic E-state index is 12.7. The van der Waals surface area contributed by atoms with Crippen LogP contribution in [-0.4, -0.2) is 18.5 Å². The maximum absolute atomic E-state index is 12.7. The number of hydrogen-bond acceptors (Lipinski definition) is 3. The standard InChI is InChI=1S/C18H19NO3S/c1-12(2)13-7-9-14(10-8-13)23(21,22)18(20)16-11-19-17-6-4-3-5-15(16)17/h3-12,18-20H,1-2H3. The van der Waals surface area contributed by atoms with Crippen LogP contribution in [-0.2, 0) is 9.84 Å². The fraction of sp³-hybridized carbons (Fsp3) is 0.222. The van der Waals surface area contributed by atoms with E-state index < -0.39 is 15.3 Å². The average molecular weight is 329 g/mol. The summed E-state index contributed by atoms with van der Waals surface area (Å²) in [7, 11) is -3.86. The second kappa shape index (κ2) is 5.83. The number of aromatic nitrogens is 1. The quantitative estimate of drug-likeness (QED) is 0.766. The van der Waals surface area contributed by atoms with Gasteiger partial charge in [-0.2, -0.15) is 0 Å². The highest BCUT2D eigenvalue weighted by atomic mass is 32.2. The summed E-state index contributed by atoms with van der Waals surface area (Å²) in [5, 5.41) is 11.2. The second-order valence-corrected chi connectivity index (χ2v) is 7.92. The molecule has 0 amide bonds. The number of H-pyrrole nitrogens is 1. The van der Waals surface area contributed by atoms with Crippen molar-refractivity contribution in [3.8, 4) is 0 Å². The summed E-state index contributed by atoms with van der Waals surface area (Å²) in [6, 6.07) is 14.0. The number of aliphatic hydroxyl groups excluding tert-OH is 1. The summed E-state index contributed by atoms with van der Waals surface area (Å²) in [4.78, 5) is 3.12. The van der Waals surface area contributed by atoms with E-state index in [2.05, 4.69) is 4.98 Å². The average Bonchev–Trinajstić information content (AvgIpc) is 2.98. The fourth-order valence-electron chi connectivity index (χ4n) is 2.64. The van der Waals surface area contributed by atoms with Gasteiger partial charge in [0.15, 0.2) is 5.44 Å². The van der Waals surface area contributed by atoms with Gasteiger partial charge in [-0.05, 0) is 29.7 Å². The minimum atomic E-state index is -3.86. The van der Waals surface area contributed by atoms with E-state index in [9.17, 15) is 13.5 Å². The van der Waals surface area contributed by atoms with Crippen LogP contribution in [0.4, 0.5) is 0 Å². The predicted molar refractivity (Wildman–Crippen MR) is 91.0 cm³/mol. The zero-order chi connectivity index (χ0) is 16.6. The lowest BCUT2D eigenvalue weighted by molar-refractivity contribution is 0.256. The molecule has 0 bridgehead atoms. The molecule has 1 heterocycles.